The van der Waals surface area contributed by atoms with E-state index in [0.717, 1.165) is 0 Å². The van der Waals surface area contributed by atoms with E-state index in [2.05, 4.69) is 9.99 Å². The summed E-state index contributed by atoms with van der Waals surface area (Å²) in [5.41, 5.74) is 0.414. The lowest BCUT2D eigenvalue weighted by Gasteiger charge is -1.92. The quantitative estimate of drug-likeness (QED) is 0.421. The van der Waals surface area contributed by atoms with Gasteiger partial charge in [0.2, 0.25) is 0 Å². The molecule has 0 aliphatic heterocycles. The number of carbonyl (C=O) groups excluding carboxylic acids is 1. The van der Waals surface area contributed by atoms with Crippen molar-refractivity contribution < 1.29 is 9.63 Å². The van der Waals surface area contributed by atoms with E-state index >= 15 is 0 Å². The van der Waals surface area contributed by atoms with Crippen LogP contribution in [-0.2, 0) is 9.63 Å². The maximum atomic E-state index is 10.4. The summed E-state index contributed by atoms with van der Waals surface area (Å²) in [6.07, 6.45) is 0. The van der Waals surface area contributed by atoms with Crippen molar-refractivity contribution in [2.45, 2.75) is 20.8 Å². The minimum absolute atomic E-state index is 0.0524. The van der Waals surface area contributed by atoms with Crippen LogP contribution in [0.1, 0.15) is 20.8 Å². The number of hydrogen-bond donors (Lipinski definition) is 0. The number of ketones is 1. The molecule has 0 radical (unpaired) electrons. The van der Waals surface area contributed by atoms with E-state index in [1.807, 2.05) is 6.92 Å². The van der Waals surface area contributed by atoms with Gasteiger partial charge in [0.25, 0.3) is 0 Å². The molecule has 0 spiro atoms. The van der Waals surface area contributed by atoms with Gasteiger partial charge in [-0.15, -0.1) is 0 Å². The average Bonchev–Trinajstić information content (AvgIpc) is 1.82. The fourth-order valence-electron chi connectivity index (χ4n) is 0.226. The molecule has 0 bridgehead atoms. The van der Waals surface area contributed by atoms with Crippen molar-refractivity contribution in [1.29, 1.82) is 0 Å². The largest absolute Gasteiger partial charge is 0.396 e. The Hall–Kier alpha value is -0.860. The first-order chi connectivity index (χ1) is 4.18. The zero-order valence-electron chi connectivity index (χ0n) is 5.97. The van der Waals surface area contributed by atoms with Crippen molar-refractivity contribution in [3.8, 4) is 0 Å². The summed E-state index contributed by atoms with van der Waals surface area (Å²) in [5.74, 6) is -0.0524. The predicted octanol–water partition coefficient (Wildman–Crippen LogP) is 0.988. The van der Waals surface area contributed by atoms with Gasteiger partial charge >= 0.3 is 0 Å². The van der Waals surface area contributed by atoms with Crippen LogP contribution >= 0.6 is 0 Å². The Balaban J connectivity index is 3.69. The summed E-state index contributed by atoms with van der Waals surface area (Å²) >= 11 is 0. The van der Waals surface area contributed by atoms with Gasteiger partial charge in [-0.3, -0.25) is 4.79 Å². The lowest BCUT2D eigenvalue weighted by Crippen LogP contribution is -2.04. The minimum atomic E-state index is -0.0524. The highest BCUT2D eigenvalue weighted by Gasteiger charge is 1.95. The van der Waals surface area contributed by atoms with Gasteiger partial charge in [-0.2, -0.15) is 0 Å². The van der Waals surface area contributed by atoms with Gasteiger partial charge in [-0.05, 0) is 13.8 Å². The third-order valence-electron chi connectivity index (χ3n) is 0.840. The molecular formula is C6H11NO2. The number of carbonyl (C=O) groups is 1. The Morgan fingerprint density at radius 1 is 1.56 bits per heavy atom. The maximum absolute atomic E-state index is 10.4. The van der Waals surface area contributed by atoms with Gasteiger partial charge < -0.3 is 4.84 Å². The highest BCUT2D eigenvalue weighted by molar-refractivity contribution is 6.37. The van der Waals surface area contributed by atoms with Crippen LogP contribution in [0.15, 0.2) is 5.16 Å². The fourth-order valence-corrected chi connectivity index (χ4v) is 0.226. The Morgan fingerprint density at radius 3 is 2.44 bits per heavy atom. The molecule has 9 heavy (non-hydrogen) atoms. The molecule has 3 nitrogen and oxygen atoms in total. The third-order valence-corrected chi connectivity index (χ3v) is 0.840. The van der Waals surface area contributed by atoms with Gasteiger partial charge in [-0.1, -0.05) is 5.16 Å². The molecule has 0 rings (SSSR count). The van der Waals surface area contributed by atoms with Crippen LogP contribution < -0.4 is 0 Å². The number of rotatable bonds is 3. The summed E-state index contributed by atoms with van der Waals surface area (Å²) in [6.45, 7) is 5.40. The second kappa shape index (κ2) is 4.06. The zero-order valence-corrected chi connectivity index (χ0v) is 5.97. The minimum Gasteiger partial charge on any atom is -0.396 e. The maximum Gasteiger partial charge on any atom is 0.177 e. The summed E-state index contributed by atoms with van der Waals surface area (Å²) in [4.78, 5) is 15.1. The first kappa shape index (κ1) is 8.14. The summed E-state index contributed by atoms with van der Waals surface area (Å²) in [6, 6.07) is 0. The standard InChI is InChI=1S/C6H11NO2/c1-4-9-7-5(2)6(3)8/h4H2,1-3H3/b7-5+. The normalized spacial score (nSPS) is 11.2. The smallest absolute Gasteiger partial charge is 0.177 e. The lowest BCUT2D eigenvalue weighted by atomic mass is 10.3. The first-order valence-electron chi connectivity index (χ1n) is 2.86. The molecule has 0 saturated carbocycles. The number of oxime groups is 1. The van der Waals surface area contributed by atoms with E-state index in [9.17, 15) is 4.79 Å². The van der Waals surface area contributed by atoms with Gasteiger partial charge in [0.1, 0.15) is 12.3 Å². The molecular weight excluding hydrogens is 118 g/mol. The van der Waals surface area contributed by atoms with E-state index in [0.29, 0.717) is 12.3 Å². The van der Waals surface area contributed by atoms with Crippen molar-refractivity contribution in [1.82, 2.24) is 0 Å². The van der Waals surface area contributed by atoms with Gasteiger partial charge in [-0.25, -0.2) is 0 Å². The highest BCUT2D eigenvalue weighted by Crippen LogP contribution is 1.81. The zero-order chi connectivity index (χ0) is 7.28. The molecule has 0 amide bonds. The molecule has 0 aromatic rings. The van der Waals surface area contributed by atoms with Crippen LogP contribution in [0.2, 0.25) is 0 Å². The molecule has 3 heteroatoms. The number of nitrogens with zero attached hydrogens (tertiary/aromatic N) is 1. The summed E-state index contributed by atoms with van der Waals surface area (Å²) in [5, 5.41) is 3.51. The molecule has 0 atom stereocenters. The fraction of sp³-hybridized carbons (Fsp3) is 0.667. The molecule has 0 N–H and O–H groups in total. The van der Waals surface area contributed by atoms with Crippen LogP contribution in [0.4, 0.5) is 0 Å². The predicted molar refractivity (Wildman–Crippen MR) is 35.4 cm³/mol. The molecule has 0 heterocycles. The topological polar surface area (TPSA) is 38.7 Å². The molecule has 0 aromatic heterocycles. The van der Waals surface area contributed by atoms with Gasteiger partial charge in [0, 0.05) is 6.92 Å². The van der Waals surface area contributed by atoms with Crippen molar-refractivity contribution in [2.75, 3.05) is 6.61 Å². The van der Waals surface area contributed by atoms with Crippen LogP contribution in [0.25, 0.3) is 0 Å². The monoisotopic (exact) mass is 129 g/mol. The second-order valence-corrected chi connectivity index (χ2v) is 1.65. The Labute approximate surface area is 54.7 Å². The molecule has 0 fully saturated rings. The lowest BCUT2D eigenvalue weighted by molar-refractivity contribution is -0.111. The van der Waals surface area contributed by atoms with E-state index in [4.69, 9.17) is 0 Å². The van der Waals surface area contributed by atoms with E-state index < -0.39 is 0 Å². The average molecular weight is 129 g/mol. The van der Waals surface area contributed by atoms with Crippen molar-refractivity contribution in [3.05, 3.63) is 0 Å². The Morgan fingerprint density at radius 2 is 2.11 bits per heavy atom. The number of hydrogen-bond acceptors (Lipinski definition) is 3. The van der Waals surface area contributed by atoms with Gasteiger partial charge in [0.05, 0.1) is 0 Å². The van der Waals surface area contributed by atoms with Crippen molar-refractivity contribution in [3.63, 3.8) is 0 Å². The SMILES string of the molecule is CCO/N=C(\C)C(C)=O. The van der Waals surface area contributed by atoms with Crippen LogP contribution in [0.5, 0.6) is 0 Å². The Kier molecular flexibility index (Phi) is 3.67. The molecule has 52 valence electrons. The molecule has 0 aromatic carbocycles. The van der Waals surface area contributed by atoms with E-state index in [1.54, 1.807) is 6.92 Å². The summed E-state index contributed by atoms with van der Waals surface area (Å²) < 4.78 is 0. The van der Waals surface area contributed by atoms with Gasteiger partial charge in [0.15, 0.2) is 5.78 Å². The Bertz CT molecular complexity index is 129. The van der Waals surface area contributed by atoms with E-state index in [1.165, 1.54) is 6.92 Å². The first-order valence-corrected chi connectivity index (χ1v) is 2.86. The summed E-state index contributed by atoms with van der Waals surface area (Å²) in [7, 11) is 0. The highest BCUT2D eigenvalue weighted by atomic mass is 16.6. The van der Waals surface area contributed by atoms with E-state index in [-0.39, 0.29) is 5.78 Å². The third kappa shape index (κ3) is 3.70. The number of Topliss-reactive ketones (excluding diaryl/α,β-unsaturated/α-hetero) is 1. The van der Waals surface area contributed by atoms with Crippen LogP contribution in [0.3, 0.4) is 0 Å². The van der Waals surface area contributed by atoms with Crippen molar-refractivity contribution >= 4 is 11.5 Å². The van der Waals surface area contributed by atoms with Crippen LogP contribution in [0, 0.1) is 0 Å². The molecule has 0 unspecified atom stereocenters. The van der Waals surface area contributed by atoms with Crippen LogP contribution in [-0.4, -0.2) is 18.1 Å². The van der Waals surface area contributed by atoms with Crippen molar-refractivity contribution in [2.24, 2.45) is 5.16 Å². The second-order valence-electron chi connectivity index (χ2n) is 1.65. The molecule has 0 aliphatic rings. The molecule has 0 saturated heterocycles. The molecule has 0 aliphatic carbocycles.